The molecular formula is C19H17NO8S. The highest BCUT2D eigenvalue weighted by Gasteiger charge is 2.45. The van der Waals surface area contributed by atoms with Gasteiger partial charge in [-0.2, -0.15) is 0 Å². The van der Waals surface area contributed by atoms with Crippen molar-refractivity contribution in [1.29, 1.82) is 0 Å². The van der Waals surface area contributed by atoms with E-state index in [0.717, 1.165) is 12.8 Å². The zero-order valence-electron chi connectivity index (χ0n) is 15.8. The molecule has 1 saturated carbocycles. The number of fused-ring (bicyclic) bond motifs is 1. The Morgan fingerprint density at radius 3 is 2.41 bits per heavy atom. The van der Waals surface area contributed by atoms with Gasteiger partial charge in [-0.1, -0.05) is 5.16 Å². The predicted octanol–water partition coefficient (Wildman–Crippen LogP) is 2.32. The summed E-state index contributed by atoms with van der Waals surface area (Å²) in [5, 5.41) is 3.64. The van der Waals surface area contributed by atoms with E-state index in [-0.39, 0.29) is 55.5 Å². The van der Waals surface area contributed by atoms with Crippen LogP contribution in [-0.4, -0.2) is 46.7 Å². The van der Waals surface area contributed by atoms with Gasteiger partial charge in [0.1, 0.15) is 11.3 Å². The third-order valence-electron chi connectivity index (χ3n) is 4.91. The quantitative estimate of drug-likeness (QED) is 0.513. The summed E-state index contributed by atoms with van der Waals surface area (Å²) < 4.78 is 47.3. The normalized spacial score (nSPS) is 17.1. The molecule has 1 aliphatic heterocycles. The highest BCUT2D eigenvalue weighted by Crippen LogP contribution is 2.50. The molecule has 1 fully saturated rings. The number of benzene rings is 1. The van der Waals surface area contributed by atoms with E-state index in [1.54, 1.807) is 0 Å². The molecule has 0 unspecified atom stereocenters. The summed E-state index contributed by atoms with van der Waals surface area (Å²) in [5.41, 5.74) is 0.182. The van der Waals surface area contributed by atoms with Crippen LogP contribution >= 0.6 is 0 Å². The van der Waals surface area contributed by atoms with Crippen molar-refractivity contribution in [2.24, 2.45) is 5.92 Å². The van der Waals surface area contributed by atoms with Gasteiger partial charge in [0.2, 0.25) is 9.84 Å². The minimum Gasteiger partial charge on any atom is -0.495 e. The Labute approximate surface area is 166 Å². The molecule has 1 aliphatic carbocycles. The summed E-state index contributed by atoms with van der Waals surface area (Å²) >= 11 is 0. The summed E-state index contributed by atoms with van der Waals surface area (Å²) in [5.74, 6) is -1.38. The van der Waals surface area contributed by atoms with Crippen LogP contribution in [0.4, 0.5) is 0 Å². The first kappa shape index (κ1) is 19.2. The smallest absolute Gasteiger partial charge is 0.341 e. The minimum absolute atomic E-state index is 0.0145. The number of rotatable bonds is 6. The number of esters is 1. The Morgan fingerprint density at radius 2 is 1.83 bits per heavy atom. The highest BCUT2D eigenvalue weighted by atomic mass is 32.2. The molecule has 0 saturated heterocycles. The van der Waals surface area contributed by atoms with Gasteiger partial charge < -0.3 is 18.7 Å². The van der Waals surface area contributed by atoms with Crippen molar-refractivity contribution < 1.29 is 36.7 Å². The molecule has 152 valence electrons. The maximum atomic E-state index is 13.3. The van der Waals surface area contributed by atoms with E-state index in [9.17, 15) is 18.0 Å². The van der Waals surface area contributed by atoms with Crippen molar-refractivity contribution >= 4 is 32.3 Å². The van der Waals surface area contributed by atoms with Crippen molar-refractivity contribution in [2.75, 3.05) is 21.3 Å². The standard InChI is InChI=1S/C19H17NO8S/c1-25-15-10(19(22)27-3)6-7-12-13(15)17(26-2)18(29(12,23)24)16-11(8-20-28-16)14(21)9-4-5-9/h6-9H,4-5H2,1-3H3. The van der Waals surface area contributed by atoms with Crippen LogP contribution in [0.2, 0.25) is 0 Å². The average molecular weight is 419 g/mol. The molecule has 0 atom stereocenters. The number of hydrogen-bond donors (Lipinski definition) is 0. The molecule has 9 nitrogen and oxygen atoms in total. The van der Waals surface area contributed by atoms with E-state index in [1.807, 2.05) is 0 Å². The van der Waals surface area contributed by atoms with Gasteiger partial charge in [0.15, 0.2) is 22.2 Å². The van der Waals surface area contributed by atoms with Gasteiger partial charge in [0.05, 0.1) is 43.5 Å². The fourth-order valence-corrected chi connectivity index (χ4v) is 5.14. The van der Waals surface area contributed by atoms with Crippen LogP contribution in [0.1, 0.15) is 44.9 Å². The lowest BCUT2D eigenvalue weighted by atomic mass is 10.0. The first-order chi connectivity index (χ1) is 13.9. The highest BCUT2D eigenvalue weighted by molar-refractivity contribution is 8.01. The van der Waals surface area contributed by atoms with E-state index in [0.29, 0.717) is 0 Å². The Morgan fingerprint density at radius 1 is 1.10 bits per heavy atom. The molecule has 4 rings (SSSR count). The van der Waals surface area contributed by atoms with Gasteiger partial charge in [0, 0.05) is 5.92 Å². The maximum Gasteiger partial charge on any atom is 0.341 e. The van der Waals surface area contributed by atoms with E-state index in [4.69, 9.17) is 18.7 Å². The van der Waals surface area contributed by atoms with Crippen LogP contribution in [0, 0.1) is 5.92 Å². The van der Waals surface area contributed by atoms with E-state index < -0.39 is 15.8 Å². The molecule has 0 amide bonds. The predicted molar refractivity (Wildman–Crippen MR) is 98.9 cm³/mol. The molecule has 2 aliphatic rings. The van der Waals surface area contributed by atoms with Gasteiger partial charge in [-0.3, -0.25) is 4.79 Å². The number of sulfone groups is 1. The molecule has 2 heterocycles. The second-order valence-electron chi connectivity index (χ2n) is 6.58. The summed E-state index contributed by atoms with van der Waals surface area (Å²) in [4.78, 5) is 24.2. The second kappa shape index (κ2) is 6.73. The first-order valence-electron chi connectivity index (χ1n) is 8.69. The maximum absolute atomic E-state index is 13.3. The second-order valence-corrected chi connectivity index (χ2v) is 8.44. The SMILES string of the molecule is COC(=O)c1ccc2c(c1OC)C(OC)=C(c1oncc1C(=O)C1CC1)S2(=O)=O. The Hall–Kier alpha value is -3.14. The molecule has 2 aromatic rings. The summed E-state index contributed by atoms with van der Waals surface area (Å²) in [6, 6.07) is 2.57. The number of aromatic nitrogens is 1. The van der Waals surface area contributed by atoms with Crippen LogP contribution < -0.4 is 4.74 Å². The third-order valence-corrected chi connectivity index (χ3v) is 6.74. The number of methoxy groups -OCH3 is 3. The molecule has 10 heteroatoms. The fraction of sp³-hybridized carbons (Fsp3) is 0.316. The van der Waals surface area contributed by atoms with Crippen molar-refractivity contribution in [1.82, 2.24) is 5.16 Å². The van der Waals surface area contributed by atoms with E-state index in [2.05, 4.69) is 5.16 Å². The number of carbonyl (C=O) groups is 2. The van der Waals surface area contributed by atoms with Crippen molar-refractivity contribution in [3.05, 3.63) is 40.8 Å². The number of carbonyl (C=O) groups excluding carboxylic acids is 2. The Balaban J connectivity index is 2.00. The van der Waals surface area contributed by atoms with Crippen molar-refractivity contribution in [3.8, 4) is 5.75 Å². The van der Waals surface area contributed by atoms with Crippen LogP contribution in [-0.2, 0) is 19.3 Å². The first-order valence-corrected chi connectivity index (χ1v) is 10.2. The monoisotopic (exact) mass is 419 g/mol. The van der Waals surface area contributed by atoms with Gasteiger partial charge in [-0.15, -0.1) is 0 Å². The number of Topliss-reactive ketones (excluding diaryl/α,β-unsaturated/α-hetero) is 1. The summed E-state index contributed by atoms with van der Waals surface area (Å²) in [6.07, 6.45) is 2.69. The van der Waals surface area contributed by atoms with Crippen molar-refractivity contribution in [3.63, 3.8) is 0 Å². The number of ether oxygens (including phenoxy) is 3. The molecule has 29 heavy (non-hydrogen) atoms. The lowest BCUT2D eigenvalue weighted by Crippen LogP contribution is -2.08. The largest absolute Gasteiger partial charge is 0.495 e. The molecular weight excluding hydrogens is 402 g/mol. The van der Waals surface area contributed by atoms with Gasteiger partial charge in [0.25, 0.3) is 0 Å². The molecule has 0 bridgehead atoms. The zero-order chi connectivity index (χ0) is 20.9. The van der Waals surface area contributed by atoms with E-state index >= 15 is 0 Å². The van der Waals surface area contributed by atoms with Gasteiger partial charge in [-0.05, 0) is 25.0 Å². The molecule has 0 N–H and O–H groups in total. The number of nitrogens with zero attached hydrogens (tertiary/aromatic N) is 1. The fourth-order valence-electron chi connectivity index (χ4n) is 3.40. The molecule has 0 radical (unpaired) electrons. The van der Waals surface area contributed by atoms with Crippen LogP contribution in [0.25, 0.3) is 10.7 Å². The summed E-state index contributed by atoms with van der Waals surface area (Å²) in [7, 11) is -0.352. The number of hydrogen-bond acceptors (Lipinski definition) is 9. The zero-order valence-corrected chi connectivity index (χ0v) is 16.7. The third kappa shape index (κ3) is 2.74. The van der Waals surface area contributed by atoms with Crippen molar-refractivity contribution in [2.45, 2.75) is 17.7 Å². The van der Waals surface area contributed by atoms with Crippen LogP contribution in [0.3, 0.4) is 0 Å². The summed E-state index contributed by atoms with van der Waals surface area (Å²) in [6.45, 7) is 0. The lowest BCUT2D eigenvalue weighted by molar-refractivity contribution is 0.0596. The Bertz CT molecular complexity index is 1170. The lowest BCUT2D eigenvalue weighted by Gasteiger charge is -2.12. The number of ketones is 1. The van der Waals surface area contributed by atoms with Crippen LogP contribution in [0.5, 0.6) is 5.75 Å². The Kier molecular flexibility index (Phi) is 4.45. The minimum atomic E-state index is -4.14. The topological polar surface area (TPSA) is 122 Å². The van der Waals surface area contributed by atoms with Gasteiger partial charge >= 0.3 is 5.97 Å². The van der Waals surface area contributed by atoms with E-state index in [1.165, 1.54) is 39.7 Å². The molecule has 0 spiro atoms. The molecule has 1 aromatic heterocycles. The average Bonchev–Trinajstić information content (AvgIpc) is 3.41. The van der Waals surface area contributed by atoms with Gasteiger partial charge in [-0.25, -0.2) is 13.2 Å². The molecule has 1 aromatic carbocycles. The van der Waals surface area contributed by atoms with Crippen LogP contribution in [0.15, 0.2) is 27.7 Å².